The molecule has 0 fully saturated rings. The van der Waals surface area contributed by atoms with Crippen LogP contribution in [0.15, 0.2) is 60.8 Å². The predicted octanol–water partition coefficient (Wildman–Crippen LogP) is 4.99. The Balaban J connectivity index is 1.62. The molecule has 5 nitrogen and oxygen atoms in total. The number of ketones is 1. The molecule has 4 rings (SSSR count). The highest BCUT2D eigenvalue weighted by Crippen LogP contribution is 2.27. The van der Waals surface area contributed by atoms with Crippen LogP contribution < -0.4 is 4.74 Å². The van der Waals surface area contributed by atoms with Crippen LogP contribution in [0.4, 0.5) is 13.2 Å². The van der Waals surface area contributed by atoms with E-state index in [1.165, 1.54) is 0 Å². The smallest absolute Gasteiger partial charge is 0.182 e. The molecule has 0 radical (unpaired) electrons. The first-order valence-corrected chi connectivity index (χ1v) is 10.3. The van der Waals surface area contributed by atoms with Crippen LogP contribution in [-0.2, 0) is 6.61 Å². The molecule has 0 unspecified atom stereocenters. The van der Waals surface area contributed by atoms with Crippen molar-refractivity contribution in [2.75, 3.05) is 6.61 Å². The van der Waals surface area contributed by atoms with Gasteiger partial charge in [-0.25, -0.2) is 18.2 Å². The minimum atomic E-state index is -1.31. The second-order valence-electron chi connectivity index (χ2n) is 7.64. The number of ether oxygens (including phenoxy) is 1. The van der Waals surface area contributed by atoms with Crippen molar-refractivity contribution in [1.29, 1.82) is 0 Å². The number of carbonyl (C=O) groups excluding carboxylic acids is 1. The van der Waals surface area contributed by atoms with E-state index in [1.54, 1.807) is 29.7 Å². The normalized spacial score (nSPS) is 12.2. The van der Waals surface area contributed by atoms with E-state index in [-0.39, 0.29) is 36.1 Å². The van der Waals surface area contributed by atoms with E-state index in [0.29, 0.717) is 17.5 Å². The molecule has 0 aliphatic heterocycles. The summed E-state index contributed by atoms with van der Waals surface area (Å²) < 4.78 is 48.5. The maximum atomic E-state index is 14.0. The highest BCUT2D eigenvalue weighted by atomic mass is 19.2. The molecular formula is C25H21F3N2O3. The molecule has 4 aromatic rings. The predicted molar refractivity (Wildman–Crippen MR) is 116 cm³/mol. The lowest BCUT2D eigenvalue weighted by Crippen LogP contribution is -2.13. The molecule has 0 amide bonds. The zero-order valence-corrected chi connectivity index (χ0v) is 17.8. The van der Waals surface area contributed by atoms with Crippen molar-refractivity contribution in [2.24, 2.45) is 0 Å². The standard InChI is InChI=1S/C25H21F3N2O3/c1-15-24(21(32)12-17(13-31)16-6-3-2-4-7-16)30-11-5-8-22(25(30)29-15)33-14-18-19(26)9-10-20(27)23(18)28/h2-11,17,31H,12-14H2,1H3/t17-/m0/s1. The molecule has 33 heavy (non-hydrogen) atoms. The number of aliphatic hydroxyl groups excluding tert-OH is 1. The summed E-state index contributed by atoms with van der Waals surface area (Å²) in [4.78, 5) is 17.6. The number of fused-ring (bicyclic) bond motifs is 1. The van der Waals surface area contributed by atoms with Crippen LogP contribution in [0.5, 0.6) is 5.75 Å². The van der Waals surface area contributed by atoms with Gasteiger partial charge in [-0.05, 0) is 36.8 Å². The van der Waals surface area contributed by atoms with Crippen LogP contribution in [0, 0.1) is 24.4 Å². The first-order chi connectivity index (χ1) is 15.9. The van der Waals surface area contributed by atoms with Gasteiger partial charge in [0.2, 0.25) is 0 Å². The van der Waals surface area contributed by atoms with Crippen molar-refractivity contribution < 1.29 is 27.8 Å². The maximum absolute atomic E-state index is 14.0. The van der Waals surface area contributed by atoms with Gasteiger partial charge in [0.25, 0.3) is 0 Å². The fourth-order valence-electron chi connectivity index (χ4n) is 3.79. The number of aromatic nitrogens is 2. The van der Waals surface area contributed by atoms with E-state index in [1.807, 2.05) is 30.3 Å². The summed E-state index contributed by atoms with van der Waals surface area (Å²) >= 11 is 0. The van der Waals surface area contributed by atoms with Crippen molar-refractivity contribution in [2.45, 2.75) is 25.9 Å². The molecular weight excluding hydrogens is 433 g/mol. The number of imidazole rings is 1. The number of aliphatic hydroxyl groups is 1. The van der Waals surface area contributed by atoms with E-state index in [4.69, 9.17) is 4.74 Å². The number of rotatable bonds is 8. The molecule has 8 heteroatoms. The van der Waals surface area contributed by atoms with Gasteiger partial charge in [-0.2, -0.15) is 0 Å². The molecule has 0 saturated heterocycles. The van der Waals surface area contributed by atoms with E-state index in [9.17, 15) is 23.1 Å². The lowest BCUT2D eigenvalue weighted by molar-refractivity contribution is 0.0953. The molecule has 0 bridgehead atoms. The minimum Gasteiger partial charge on any atom is -0.485 e. The second-order valence-corrected chi connectivity index (χ2v) is 7.64. The average molecular weight is 454 g/mol. The third-order valence-corrected chi connectivity index (χ3v) is 5.49. The van der Waals surface area contributed by atoms with Gasteiger partial charge >= 0.3 is 0 Å². The maximum Gasteiger partial charge on any atom is 0.182 e. The van der Waals surface area contributed by atoms with Crippen LogP contribution in [0.1, 0.15) is 39.6 Å². The van der Waals surface area contributed by atoms with Crippen LogP contribution in [0.3, 0.4) is 0 Å². The van der Waals surface area contributed by atoms with E-state index >= 15 is 0 Å². The van der Waals surface area contributed by atoms with Crippen molar-refractivity contribution in [3.63, 3.8) is 0 Å². The summed E-state index contributed by atoms with van der Waals surface area (Å²) in [5.41, 5.74) is 1.38. The molecule has 0 saturated carbocycles. The van der Waals surface area contributed by atoms with Crippen molar-refractivity contribution in [1.82, 2.24) is 9.38 Å². The molecule has 2 aromatic heterocycles. The number of aryl methyl sites for hydroxylation is 1. The number of Topliss-reactive ketones (excluding diaryl/α,β-unsaturated/α-hetero) is 1. The highest BCUT2D eigenvalue weighted by molar-refractivity contribution is 5.97. The molecule has 2 heterocycles. The van der Waals surface area contributed by atoms with Crippen molar-refractivity contribution in [3.8, 4) is 5.75 Å². The highest BCUT2D eigenvalue weighted by Gasteiger charge is 2.23. The molecule has 1 atom stereocenters. The Bertz CT molecular complexity index is 1310. The number of benzene rings is 2. The molecule has 0 aliphatic carbocycles. The zero-order chi connectivity index (χ0) is 23.5. The number of hydrogen-bond acceptors (Lipinski definition) is 4. The van der Waals surface area contributed by atoms with Gasteiger partial charge < -0.3 is 9.84 Å². The summed E-state index contributed by atoms with van der Waals surface area (Å²) in [6.07, 6.45) is 1.70. The quantitative estimate of drug-likeness (QED) is 0.301. The second kappa shape index (κ2) is 9.46. The Hall–Kier alpha value is -3.65. The molecule has 170 valence electrons. The fraction of sp³-hybridized carbons (Fsp3) is 0.200. The summed E-state index contributed by atoms with van der Waals surface area (Å²) in [5.74, 6) is -3.82. The van der Waals surface area contributed by atoms with E-state index < -0.39 is 29.6 Å². The van der Waals surface area contributed by atoms with Crippen LogP contribution in [0.2, 0.25) is 0 Å². The molecule has 1 N–H and O–H groups in total. The lowest BCUT2D eigenvalue weighted by atomic mass is 9.93. The number of halogens is 3. The summed E-state index contributed by atoms with van der Waals surface area (Å²) in [5, 5.41) is 9.81. The Kier molecular flexibility index (Phi) is 6.46. The van der Waals surface area contributed by atoms with Gasteiger partial charge in [0.05, 0.1) is 17.9 Å². The molecule has 0 aliphatic rings. The van der Waals surface area contributed by atoms with Crippen LogP contribution in [-0.4, -0.2) is 26.9 Å². The Morgan fingerprint density at radius 3 is 2.52 bits per heavy atom. The Morgan fingerprint density at radius 2 is 1.79 bits per heavy atom. The topological polar surface area (TPSA) is 63.8 Å². The van der Waals surface area contributed by atoms with Gasteiger partial charge in [-0.1, -0.05) is 30.3 Å². The van der Waals surface area contributed by atoms with Gasteiger partial charge in [0.15, 0.2) is 28.8 Å². The Labute approximate surface area is 188 Å². The minimum absolute atomic E-state index is 0.0694. The first kappa shape index (κ1) is 22.5. The van der Waals surface area contributed by atoms with Crippen molar-refractivity contribution >= 4 is 11.4 Å². The summed E-state index contributed by atoms with van der Waals surface area (Å²) in [6.45, 7) is 0.932. The van der Waals surface area contributed by atoms with Crippen LogP contribution in [0.25, 0.3) is 5.65 Å². The number of nitrogens with zero attached hydrogens (tertiary/aromatic N) is 2. The van der Waals surface area contributed by atoms with E-state index in [0.717, 1.165) is 11.6 Å². The van der Waals surface area contributed by atoms with Gasteiger partial charge in [0, 0.05) is 18.5 Å². The van der Waals surface area contributed by atoms with Gasteiger partial charge in [0.1, 0.15) is 18.1 Å². The van der Waals surface area contributed by atoms with Gasteiger partial charge in [-0.15, -0.1) is 0 Å². The number of pyridine rings is 1. The fourth-order valence-corrected chi connectivity index (χ4v) is 3.79. The summed E-state index contributed by atoms with van der Waals surface area (Å²) in [7, 11) is 0. The largest absolute Gasteiger partial charge is 0.485 e. The molecule has 2 aromatic carbocycles. The van der Waals surface area contributed by atoms with E-state index in [2.05, 4.69) is 4.98 Å². The zero-order valence-electron chi connectivity index (χ0n) is 17.8. The first-order valence-electron chi connectivity index (χ1n) is 10.3. The summed E-state index contributed by atoms with van der Waals surface area (Å²) in [6, 6.07) is 13.9. The van der Waals surface area contributed by atoms with Crippen molar-refractivity contribution in [3.05, 3.63) is 101 Å². The van der Waals surface area contributed by atoms with Crippen LogP contribution >= 0.6 is 0 Å². The number of carbonyl (C=O) groups is 1. The third-order valence-electron chi connectivity index (χ3n) is 5.49. The Morgan fingerprint density at radius 1 is 1.06 bits per heavy atom. The lowest BCUT2D eigenvalue weighted by Gasteiger charge is -2.14. The third kappa shape index (κ3) is 4.47. The monoisotopic (exact) mass is 454 g/mol. The van der Waals surface area contributed by atoms with Gasteiger partial charge in [-0.3, -0.25) is 9.20 Å². The average Bonchev–Trinajstić information content (AvgIpc) is 3.17. The number of hydrogen-bond donors (Lipinski definition) is 1. The SMILES string of the molecule is Cc1nc2c(OCc3c(F)ccc(F)c3F)cccn2c1C(=O)C[C@@H](CO)c1ccccc1. The molecule has 0 spiro atoms.